The molecule has 6 nitrogen and oxygen atoms in total. The standard InChI is InChI=1S/C14H18F4N4O2/c1-20-9-11-10-7-12(23-5-6-24-14(16,17)18)19-22(10)4-2-3-21(11)13(20)8-15/h7,9,13H,2-6,8H2,1H3. The van der Waals surface area contributed by atoms with Crippen molar-refractivity contribution in [1.82, 2.24) is 19.6 Å². The first kappa shape index (κ1) is 16.9. The van der Waals surface area contributed by atoms with Gasteiger partial charge in [0, 0.05) is 32.4 Å². The van der Waals surface area contributed by atoms with Crippen LogP contribution < -0.4 is 4.74 Å². The number of nitrogens with zero attached hydrogens (tertiary/aromatic N) is 4. The van der Waals surface area contributed by atoms with E-state index < -0.39 is 19.6 Å². The van der Waals surface area contributed by atoms with Crippen molar-refractivity contribution in [2.45, 2.75) is 25.5 Å². The van der Waals surface area contributed by atoms with Crippen LogP contribution in [0.15, 0.2) is 12.3 Å². The molecule has 0 bridgehead atoms. The molecule has 0 saturated carbocycles. The zero-order valence-electron chi connectivity index (χ0n) is 13.1. The zero-order chi connectivity index (χ0) is 17.3. The lowest BCUT2D eigenvalue weighted by atomic mass is 10.3. The number of halogens is 4. The molecule has 1 atom stereocenters. The van der Waals surface area contributed by atoms with Crippen LogP contribution >= 0.6 is 0 Å². The summed E-state index contributed by atoms with van der Waals surface area (Å²) >= 11 is 0. The minimum absolute atomic E-state index is 0.227. The fraction of sp³-hybridized carbons (Fsp3) is 0.643. The summed E-state index contributed by atoms with van der Waals surface area (Å²) in [6.07, 6.45) is -2.38. The van der Waals surface area contributed by atoms with E-state index >= 15 is 0 Å². The quantitative estimate of drug-likeness (QED) is 0.601. The van der Waals surface area contributed by atoms with Crippen molar-refractivity contribution in [3.8, 4) is 5.88 Å². The van der Waals surface area contributed by atoms with Crippen LogP contribution in [0.4, 0.5) is 17.6 Å². The van der Waals surface area contributed by atoms with Crippen molar-refractivity contribution in [2.24, 2.45) is 0 Å². The van der Waals surface area contributed by atoms with Crippen molar-refractivity contribution >= 4 is 5.70 Å². The summed E-state index contributed by atoms with van der Waals surface area (Å²) < 4.78 is 59.7. The van der Waals surface area contributed by atoms with Gasteiger partial charge in [0.1, 0.15) is 19.4 Å². The van der Waals surface area contributed by atoms with Gasteiger partial charge in [0.05, 0.1) is 18.0 Å². The normalized spacial score (nSPS) is 20.5. The SMILES string of the molecule is CN1C=C2c3cc(OCCOC(F)(F)F)nn3CCCN2C1CF. The van der Waals surface area contributed by atoms with E-state index in [1.165, 1.54) is 0 Å². The predicted molar refractivity (Wildman–Crippen MR) is 76.6 cm³/mol. The molecule has 0 aromatic carbocycles. The second-order valence-electron chi connectivity index (χ2n) is 5.60. The molecule has 3 heterocycles. The first-order valence-electron chi connectivity index (χ1n) is 7.57. The van der Waals surface area contributed by atoms with E-state index in [1.807, 2.05) is 11.1 Å². The van der Waals surface area contributed by atoms with Gasteiger partial charge < -0.3 is 14.5 Å². The Kier molecular flexibility index (Phi) is 4.57. The Morgan fingerprint density at radius 1 is 1.29 bits per heavy atom. The van der Waals surface area contributed by atoms with E-state index in [9.17, 15) is 17.6 Å². The van der Waals surface area contributed by atoms with E-state index in [1.54, 1.807) is 22.7 Å². The molecule has 1 aromatic rings. The van der Waals surface area contributed by atoms with E-state index in [4.69, 9.17) is 4.74 Å². The summed E-state index contributed by atoms with van der Waals surface area (Å²) in [5.74, 6) is 0.227. The van der Waals surface area contributed by atoms with Gasteiger partial charge in [0.2, 0.25) is 5.88 Å². The van der Waals surface area contributed by atoms with Gasteiger partial charge in [0.15, 0.2) is 0 Å². The van der Waals surface area contributed by atoms with Crippen molar-refractivity contribution in [1.29, 1.82) is 0 Å². The van der Waals surface area contributed by atoms with Crippen LogP contribution in [0.25, 0.3) is 5.70 Å². The Morgan fingerprint density at radius 3 is 2.79 bits per heavy atom. The maximum atomic E-state index is 13.3. The van der Waals surface area contributed by atoms with Crippen LogP contribution in [0.1, 0.15) is 12.1 Å². The molecule has 2 aliphatic heterocycles. The van der Waals surface area contributed by atoms with Crippen molar-refractivity contribution in [3.63, 3.8) is 0 Å². The lowest BCUT2D eigenvalue weighted by Gasteiger charge is -2.29. The summed E-state index contributed by atoms with van der Waals surface area (Å²) in [6, 6.07) is 1.66. The fourth-order valence-electron chi connectivity index (χ4n) is 2.94. The number of ether oxygens (including phenoxy) is 2. The van der Waals surface area contributed by atoms with Crippen LogP contribution in [0.5, 0.6) is 5.88 Å². The van der Waals surface area contributed by atoms with E-state index in [0.717, 1.165) is 17.8 Å². The van der Waals surface area contributed by atoms with Crippen LogP contribution in [-0.4, -0.2) is 65.6 Å². The molecule has 0 radical (unpaired) electrons. The van der Waals surface area contributed by atoms with E-state index in [-0.39, 0.29) is 18.7 Å². The van der Waals surface area contributed by atoms with Gasteiger partial charge in [-0.05, 0) is 6.42 Å². The summed E-state index contributed by atoms with van der Waals surface area (Å²) in [5.41, 5.74) is 1.61. The molecule has 1 unspecified atom stereocenters. The third kappa shape index (κ3) is 3.42. The molecule has 10 heteroatoms. The Morgan fingerprint density at radius 2 is 2.08 bits per heavy atom. The van der Waals surface area contributed by atoms with E-state index in [2.05, 4.69) is 9.84 Å². The molecule has 24 heavy (non-hydrogen) atoms. The molecule has 0 spiro atoms. The van der Waals surface area contributed by atoms with Crippen LogP contribution in [0, 0.1) is 0 Å². The number of rotatable bonds is 5. The number of fused-ring (bicyclic) bond motifs is 3. The van der Waals surface area contributed by atoms with Crippen LogP contribution in [0.2, 0.25) is 0 Å². The minimum atomic E-state index is -4.67. The van der Waals surface area contributed by atoms with Gasteiger partial charge in [-0.25, -0.2) is 4.39 Å². The van der Waals surface area contributed by atoms with Crippen LogP contribution in [-0.2, 0) is 11.3 Å². The highest BCUT2D eigenvalue weighted by molar-refractivity contribution is 5.64. The third-order valence-electron chi connectivity index (χ3n) is 3.99. The Bertz CT molecular complexity index is 616. The van der Waals surface area contributed by atoms with Gasteiger partial charge in [-0.3, -0.25) is 9.42 Å². The number of hydrogen-bond donors (Lipinski definition) is 0. The minimum Gasteiger partial charge on any atom is -0.474 e. The van der Waals surface area contributed by atoms with E-state index in [0.29, 0.717) is 13.1 Å². The first-order chi connectivity index (χ1) is 11.4. The fourth-order valence-corrected chi connectivity index (χ4v) is 2.94. The average Bonchev–Trinajstić information content (AvgIpc) is 2.99. The Balaban J connectivity index is 1.70. The van der Waals surface area contributed by atoms with Gasteiger partial charge in [-0.1, -0.05) is 0 Å². The van der Waals surface area contributed by atoms with Crippen LogP contribution in [0.3, 0.4) is 0 Å². The van der Waals surface area contributed by atoms with Crippen molar-refractivity contribution < 1.29 is 27.0 Å². The molecule has 0 fully saturated rings. The molecule has 2 aliphatic rings. The Labute approximate surface area is 136 Å². The molecular weight excluding hydrogens is 332 g/mol. The molecule has 0 amide bonds. The maximum Gasteiger partial charge on any atom is 0.522 e. The smallest absolute Gasteiger partial charge is 0.474 e. The molecule has 1 aromatic heterocycles. The molecule has 0 saturated heterocycles. The molecule has 0 N–H and O–H groups in total. The highest BCUT2D eigenvalue weighted by atomic mass is 19.4. The molecule has 134 valence electrons. The number of aromatic nitrogens is 2. The second kappa shape index (κ2) is 6.50. The first-order valence-corrected chi connectivity index (χ1v) is 7.57. The van der Waals surface area contributed by atoms with Gasteiger partial charge in [-0.15, -0.1) is 18.3 Å². The average molecular weight is 350 g/mol. The van der Waals surface area contributed by atoms with Gasteiger partial charge >= 0.3 is 6.36 Å². The lowest BCUT2D eigenvalue weighted by molar-refractivity contribution is -0.325. The summed E-state index contributed by atoms with van der Waals surface area (Å²) in [5, 5.41) is 4.26. The third-order valence-corrected chi connectivity index (χ3v) is 3.99. The summed E-state index contributed by atoms with van der Waals surface area (Å²) in [7, 11) is 1.80. The van der Waals surface area contributed by atoms with Crippen molar-refractivity contribution in [3.05, 3.63) is 18.0 Å². The zero-order valence-corrected chi connectivity index (χ0v) is 13.1. The molecule has 0 aliphatic carbocycles. The topological polar surface area (TPSA) is 42.8 Å². The maximum absolute atomic E-state index is 13.3. The second-order valence-corrected chi connectivity index (χ2v) is 5.60. The summed E-state index contributed by atoms with van der Waals surface area (Å²) in [4.78, 5) is 3.77. The lowest BCUT2D eigenvalue weighted by Crippen LogP contribution is -2.39. The highest BCUT2D eigenvalue weighted by Gasteiger charge is 2.34. The number of aryl methyl sites for hydroxylation is 1. The number of hydrogen-bond acceptors (Lipinski definition) is 5. The highest BCUT2D eigenvalue weighted by Crippen LogP contribution is 2.33. The number of alkyl halides is 4. The monoisotopic (exact) mass is 350 g/mol. The van der Waals surface area contributed by atoms with Crippen molar-refractivity contribution in [2.75, 3.05) is 33.5 Å². The predicted octanol–water partition coefficient (Wildman–Crippen LogP) is 2.04. The molecular formula is C14H18F4N4O2. The molecule has 3 rings (SSSR count). The van der Waals surface area contributed by atoms with Gasteiger partial charge in [-0.2, -0.15) is 0 Å². The van der Waals surface area contributed by atoms with Gasteiger partial charge in [0.25, 0.3) is 0 Å². The summed E-state index contributed by atoms with van der Waals surface area (Å²) in [6.45, 7) is -0.0142. The Hall–Kier alpha value is -1.97. The largest absolute Gasteiger partial charge is 0.522 e.